The molecule has 4 nitrogen and oxygen atoms in total. The molecule has 0 aromatic heterocycles. The van der Waals surface area contributed by atoms with Crippen molar-refractivity contribution in [2.45, 2.75) is 52.0 Å². The zero-order chi connectivity index (χ0) is 19.1. The van der Waals surface area contributed by atoms with Crippen LogP contribution in [0.5, 0.6) is 0 Å². The Morgan fingerprint density at radius 3 is 2.33 bits per heavy atom. The summed E-state index contributed by atoms with van der Waals surface area (Å²) in [7, 11) is 0. The van der Waals surface area contributed by atoms with Crippen molar-refractivity contribution in [2.75, 3.05) is 37.6 Å². The summed E-state index contributed by atoms with van der Waals surface area (Å²) in [6.45, 7) is 9.76. The van der Waals surface area contributed by atoms with Crippen molar-refractivity contribution >= 4 is 11.6 Å². The molecule has 1 saturated carbocycles. The Bertz CT molecular complexity index is 608. The number of benzene rings is 1. The Morgan fingerprint density at radius 2 is 1.70 bits per heavy atom. The number of carbonyl (C=O) groups is 1. The number of amides is 1. The third-order valence-electron chi connectivity index (χ3n) is 5.96. The van der Waals surface area contributed by atoms with E-state index in [0.717, 1.165) is 37.4 Å². The molecule has 2 aliphatic rings. The van der Waals surface area contributed by atoms with Gasteiger partial charge in [0.05, 0.1) is 0 Å². The van der Waals surface area contributed by atoms with Crippen LogP contribution in [-0.2, 0) is 4.79 Å². The number of carbonyl (C=O) groups excluding carboxylic acids is 1. The molecule has 27 heavy (non-hydrogen) atoms. The summed E-state index contributed by atoms with van der Waals surface area (Å²) in [6, 6.07) is 11.1. The van der Waals surface area contributed by atoms with Gasteiger partial charge >= 0.3 is 0 Å². The average molecular weight is 370 g/mol. The summed E-state index contributed by atoms with van der Waals surface area (Å²) in [4.78, 5) is 17.0. The molecule has 1 aliphatic carbocycles. The van der Waals surface area contributed by atoms with Crippen LogP contribution in [0.15, 0.2) is 42.0 Å². The molecule has 1 N–H and O–H groups in total. The average Bonchev–Trinajstić information content (AvgIpc) is 2.68. The van der Waals surface area contributed by atoms with Crippen molar-refractivity contribution in [1.82, 2.24) is 10.2 Å². The van der Waals surface area contributed by atoms with Crippen LogP contribution in [0.3, 0.4) is 0 Å². The van der Waals surface area contributed by atoms with Crippen LogP contribution < -0.4 is 10.2 Å². The van der Waals surface area contributed by atoms with E-state index in [1.54, 1.807) is 6.08 Å². The van der Waals surface area contributed by atoms with E-state index in [1.807, 2.05) is 13.8 Å². The van der Waals surface area contributed by atoms with Crippen LogP contribution in [-0.4, -0.2) is 49.6 Å². The monoisotopic (exact) mass is 369 g/mol. The largest absolute Gasteiger partial charge is 0.369 e. The third-order valence-corrected chi connectivity index (χ3v) is 5.96. The number of hydrogen-bond donors (Lipinski definition) is 1. The van der Waals surface area contributed by atoms with E-state index < -0.39 is 0 Å². The molecule has 3 rings (SSSR count). The quantitative estimate of drug-likeness (QED) is 0.774. The lowest BCUT2D eigenvalue weighted by Crippen LogP contribution is -2.47. The lowest BCUT2D eigenvalue weighted by Gasteiger charge is -2.37. The zero-order valence-electron chi connectivity index (χ0n) is 17.0. The van der Waals surface area contributed by atoms with Gasteiger partial charge in [0.15, 0.2) is 0 Å². The smallest absolute Gasteiger partial charge is 0.244 e. The number of piperazine rings is 1. The molecule has 1 amide bonds. The molecule has 4 heteroatoms. The number of para-hydroxylation sites is 1. The first kappa shape index (κ1) is 19.9. The molecule has 0 radical (unpaired) electrons. The number of allylic oxidation sites excluding steroid dienone is 1. The van der Waals surface area contributed by atoms with Crippen LogP contribution >= 0.6 is 0 Å². The van der Waals surface area contributed by atoms with Gasteiger partial charge in [-0.3, -0.25) is 9.69 Å². The Kier molecular flexibility index (Phi) is 7.33. The first-order valence-electron chi connectivity index (χ1n) is 10.6. The topological polar surface area (TPSA) is 35.6 Å². The van der Waals surface area contributed by atoms with Crippen molar-refractivity contribution in [2.24, 2.45) is 5.92 Å². The zero-order valence-corrected chi connectivity index (χ0v) is 17.0. The van der Waals surface area contributed by atoms with Crippen molar-refractivity contribution in [3.63, 3.8) is 0 Å². The molecule has 1 aromatic carbocycles. The fraction of sp³-hybridized carbons (Fsp3) is 0.609. The minimum absolute atomic E-state index is 0.0785. The maximum absolute atomic E-state index is 11.9. The van der Waals surface area contributed by atoms with Crippen LogP contribution in [0.1, 0.15) is 46.0 Å². The third kappa shape index (κ3) is 6.39. The van der Waals surface area contributed by atoms with E-state index in [1.165, 1.54) is 44.6 Å². The fourth-order valence-corrected chi connectivity index (χ4v) is 4.33. The van der Waals surface area contributed by atoms with E-state index in [9.17, 15) is 4.79 Å². The van der Waals surface area contributed by atoms with Gasteiger partial charge in [-0.2, -0.15) is 0 Å². The predicted molar refractivity (Wildman–Crippen MR) is 113 cm³/mol. The first-order valence-corrected chi connectivity index (χ1v) is 10.6. The summed E-state index contributed by atoms with van der Waals surface area (Å²) >= 11 is 0. The molecule has 1 aromatic rings. The van der Waals surface area contributed by atoms with Gasteiger partial charge in [-0.05, 0) is 70.5 Å². The van der Waals surface area contributed by atoms with Crippen molar-refractivity contribution in [3.05, 3.63) is 42.0 Å². The highest BCUT2D eigenvalue weighted by molar-refractivity contribution is 5.88. The second-order valence-electron chi connectivity index (χ2n) is 8.40. The highest BCUT2D eigenvalue weighted by Crippen LogP contribution is 2.27. The van der Waals surface area contributed by atoms with Crippen molar-refractivity contribution in [1.29, 1.82) is 0 Å². The molecule has 1 saturated heterocycles. The van der Waals surface area contributed by atoms with Crippen LogP contribution in [0.4, 0.5) is 5.69 Å². The lowest BCUT2D eigenvalue weighted by molar-refractivity contribution is -0.117. The maximum Gasteiger partial charge on any atom is 0.244 e. The van der Waals surface area contributed by atoms with Crippen LogP contribution in [0.25, 0.3) is 0 Å². The molecular weight excluding hydrogens is 334 g/mol. The van der Waals surface area contributed by atoms with Gasteiger partial charge in [-0.25, -0.2) is 0 Å². The van der Waals surface area contributed by atoms with E-state index >= 15 is 0 Å². The Labute approximate surface area is 164 Å². The Balaban J connectivity index is 1.32. The highest BCUT2D eigenvalue weighted by atomic mass is 16.1. The molecule has 0 bridgehead atoms. The van der Waals surface area contributed by atoms with E-state index in [0.29, 0.717) is 6.04 Å². The predicted octanol–water partition coefficient (Wildman–Crippen LogP) is 3.84. The second kappa shape index (κ2) is 9.93. The Morgan fingerprint density at radius 1 is 1.04 bits per heavy atom. The lowest BCUT2D eigenvalue weighted by atomic mass is 9.84. The molecule has 1 aliphatic heterocycles. The van der Waals surface area contributed by atoms with E-state index in [4.69, 9.17) is 0 Å². The number of nitrogens with zero attached hydrogens (tertiary/aromatic N) is 2. The van der Waals surface area contributed by atoms with Crippen molar-refractivity contribution in [3.8, 4) is 0 Å². The van der Waals surface area contributed by atoms with Crippen LogP contribution in [0, 0.1) is 5.92 Å². The standard InChI is InChI=1S/C23H35N3O/c1-19(2)18-23(27)24-21-10-8-20(9-11-21)12-13-25-14-16-26(17-15-25)22-6-4-3-5-7-22/h3-7,18,20-21H,8-17H2,1-2H3,(H,24,27). The van der Waals surface area contributed by atoms with Gasteiger partial charge in [0.1, 0.15) is 0 Å². The SMILES string of the molecule is CC(C)=CC(=O)NC1CCC(CCN2CCN(c3ccccc3)CC2)CC1. The van der Waals surface area contributed by atoms with Gasteiger partial charge in [0, 0.05) is 44.0 Å². The summed E-state index contributed by atoms with van der Waals surface area (Å²) in [5.41, 5.74) is 2.42. The number of nitrogens with one attached hydrogen (secondary N) is 1. The molecule has 0 atom stereocenters. The highest BCUT2D eigenvalue weighted by Gasteiger charge is 2.23. The Hall–Kier alpha value is -1.81. The molecule has 2 fully saturated rings. The molecule has 0 unspecified atom stereocenters. The summed E-state index contributed by atoms with van der Waals surface area (Å²) in [6.07, 6.45) is 7.79. The van der Waals surface area contributed by atoms with Crippen LogP contribution in [0.2, 0.25) is 0 Å². The van der Waals surface area contributed by atoms with Gasteiger partial charge in [-0.1, -0.05) is 23.8 Å². The normalized spacial score (nSPS) is 23.7. The van der Waals surface area contributed by atoms with E-state index in [-0.39, 0.29) is 5.91 Å². The number of hydrogen-bond acceptors (Lipinski definition) is 3. The van der Waals surface area contributed by atoms with Gasteiger partial charge in [0.2, 0.25) is 5.91 Å². The van der Waals surface area contributed by atoms with Crippen molar-refractivity contribution < 1.29 is 4.79 Å². The first-order chi connectivity index (χ1) is 13.1. The molecular formula is C23H35N3O. The van der Waals surface area contributed by atoms with Gasteiger partial charge in [0.25, 0.3) is 0 Å². The fourth-order valence-electron chi connectivity index (χ4n) is 4.33. The minimum atomic E-state index is 0.0785. The van der Waals surface area contributed by atoms with E-state index in [2.05, 4.69) is 45.4 Å². The van der Waals surface area contributed by atoms with Gasteiger partial charge in [-0.15, -0.1) is 0 Å². The summed E-state index contributed by atoms with van der Waals surface area (Å²) in [5, 5.41) is 3.17. The minimum Gasteiger partial charge on any atom is -0.369 e. The molecule has 148 valence electrons. The number of rotatable bonds is 6. The maximum atomic E-state index is 11.9. The van der Waals surface area contributed by atoms with Gasteiger partial charge < -0.3 is 10.2 Å². The molecule has 1 heterocycles. The summed E-state index contributed by atoms with van der Waals surface area (Å²) in [5.74, 6) is 0.906. The second-order valence-corrected chi connectivity index (χ2v) is 8.40. The summed E-state index contributed by atoms with van der Waals surface area (Å²) < 4.78 is 0. The molecule has 0 spiro atoms. The number of anilines is 1.